The van der Waals surface area contributed by atoms with Gasteiger partial charge in [-0.25, -0.2) is 0 Å². The fourth-order valence-corrected chi connectivity index (χ4v) is 4.58. The van der Waals surface area contributed by atoms with E-state index in [-0.39, 0.29) is 17.1 Å². The lowest BCUT2D eigenvalue weighted by Gasteiger charge is -2.26. The summed E-state index contributed by atoms with van der Waals surface area (Å²) < 4.78 is 17.3. The molecule has 0 radical (unpaired) electrons. The minimum absolute atomic E-state index is 0.135. The van der Waals surface area contributed by atoms with Crippen LogP contribution in [0.2, 0.25) is 0 Å². The Morgan fingerprint density at radius 1 is 1.06 bits per heavy atom. The van der Waals surface area contributed by atoms with Gasteiger partial charge in [0.1, 0.15) is 5.58 Å². The summed E-state index contributed by atoms with van der Waals surface area (Å²) in [6.07, 6.45) is 0.804. The summed E-state index contributed by atoms with van der Waals surface area (Å²) in [5, 5.41) is 0.497. The second kappa shape index (κ2) is 9.50. The van der Waals surface area contributed by atoms with Gasteiger partial charge < -0.3 is 23.7 Å². The largest absolute Gasteiger partial charge is 0.493 e. The van der Waals surface area contributed by atoms with E-state index in [2.05, 4.69) is 14.1 Å². The molecule has 0 saturated heterocycles. The number of methoxy groups -OCH3 is 1. The average molecular weight is 466 g/mol. The highest BCUT2D eigenvalue weighted by Crippen LogP contribution is 2.41. The van der Waals surface area contributed by atoms with Crippen molar-refractivity contribution in [3.05, 3.63) is 68.6 Å². The van der Waals surface area contributed by atoms with Crippen molar-refractivity contribution in [2.45, 2.75) is 33.2 Å². The fraction of sp³-hybridized carbons (Fsp3) is 0.407. The van der Waals surface area contributed by atoms with Gasteiger partial charge in [-0.1, -0.05) is 6.07 Å². The van der Waals surface area contributed by atoms with E-state index in [9.17, 15) is 9.59 Å². The van der Waals surface area contributed by atoms with Crippen LogP contribution in [0, 0.1) is 13.8 Å². The molecule has 180 valence electrons. The van der Waals surface area contributed by atoms with Crippen LogP contribution in [0.15, 0.2) is 39.5 Å². The van der Waals surface area contributed by atoms with E-state index in [1.165, 1.54) is 4.90 Å². The van der Waals surface area contributed by atoms with Crippen molar-refractivity contribution in [3.8, 4) is 11.5 Å². The quantitative estimate of drug-likeness (QED) is 0.554. The highest BCUT2D eigenvalue weighted by atomic mass is 16.5. The summed E-state index contributed by atoms with van der Waals surface area (Å²) in [5.74, 6) is 1.07. The first kappa shape index (κ1) is 23.8. The topological polar surface area (TPSA) is 73.4 Å². The zero-order chi connectivity index (χ0) is 24.6. The van der Waals surface area contributed by atoms with Crippen LogP contribution in [0.1, 0.15) is 52.2 Å². The predicted molar refractivity (Wildman–Crippen MR) is 131 cm³/mol. The molecule has 0 fully saturated rings. The van der Waals surface area contributed by atoms with Crippen LogP contribution < -0.4 is 19.8 Å². The molecule has 0 saturated carbocycles. The monoisotopic (exact) mass is 465 g/mol. The first-order valence-corrected chi connectivity index (χ1v) is 11.8. The smallest absolute Gasteiger partial charge is 0.290 e. The van der Waals surface area contributed by atoms with E-state index in [0.29, 0.717) is 41.2 Å². The van der Waals surface area contributed by atoms with Gasteiger partial charge in [0.2, 0.25) is 5.76 Å². The summed E-state index contributed by atoms with van der Waals surface area (Å²) in [7, 11) is 5.75. The first-order chi connectivity index (χ1) is 16.3. The standard InChI is InChI=1S/C27H32N2O5/c1-7-33-20-10-9-18(15-22(20)32-6)24-23-25(30)19-13-16(2)17(3)14-21(19)34-26(23)27(31)29(24)12-8-11-28(4)5/h9-10,13-15,24H,7-8,11-12H2,1-6H3/p+1. The molecule has 0 aliphatic carbocycles. The fourth-order valence-electron chi connectivity index (χ4n) is 4.58. The van der Waals surface area contributed by atoms with E-state index >= 15 is 0 Å². The molecule has 3 aromatic rings. The van der Waals surface area contributed by atoms with E-state index in [1.807, 2.05) is 51.1 Å². The van der Waals surface area contributed by atoms with Crippen molar-refractivity contribution in [1.29, 1.82) is 0 Å². The molecule has 0 bridgehead atoms. The molecule has 2 heterocycles. The number of hydrogen-bond acceptors (Lipinski definition) is 5. The maximum atomic E-state index is 13.8. The molecule has 1 atom stereocenters. The Bertz CT molecular complexity index is 1290. The second-order valence-corrected chi connectivity index (χ2v) is 9.16. The Morgan fingerprint density at radius 2 is 1.79 bits per heavy atom. The minimum Gasteiger partial charge on any atom is -0.493 e. The Kier molecular flexibility index (Phi) is 6.66. The Hall–Kier alpha value is -3.32. The van der Waals surface area contributed by atoms with Gasteiger partial charge in [-0.2, -0.15) is 0 Å². The molecule has 0 spiro atoms. The molecule has 1 amide bonds. The molecule has 7 heteroatoms. The molecule has 1 aliphatic rings. The number of benzene rings is 2. The maximum absolute atomic E-state index is 13.8. The van der Waals surface area contributed by atoms with Crippen LogP contribution in [0.4, 0.5) is 0 Å². The molecular formula is C27H33N2O5+. The van der Waals surface area contributed by atoms with Crippen LogP contribution in [-0.4, -0.2) is 51.7 Å². The predicted octanol–water partition coefficient (Wildman–Crippen LogP) is 2.90. The maximum Gasteiger partial charge on any atom is 0.290 e. The normalized spacial score (nSPS) is 15.3. The summed E-state index contributed by atoms with van der Waals surface area (Å²) in [6.45, 7) is 7.77. The summed E-state index contributed by atoms with van der Waals surface area (Å²) in [6, 6.07) is 8.73. The van der Waals surface area contributed by atoms with Gasteiger partial charge >= 0.3 is 0 Å². The lowest BCUT2D eigenvalue weighted by molar-refractivity contribution is -0.858. The van der Waals surface area contributed by atoms with Crippen molar-refractivity contribution >= 4 is 16.9 Å². The Labute approximate surface area is 199 Å². The molecule has 7 nitrogen and oxygen atoms in total. The molecule has 34 heavy (non-hydrogen) atoms. The zero-order valence-electron chi connectivity index (χ0n) is 20.8. The third-order valence-corrected chi connectivity index (χ3v) is 6.46. The van der Waals surface area contributed by atoms with Gasteiger partial charge in [-0.05, 0) is 61.7 Å². The van der Waals surface area contributed by atoms with Gasteiger partial charge in [0.25, 0.3) is 5.91 Å². The van der Waals surface area contributed by atoms with Crippen molar-refractivity contribution in [2.24, 2.45) is 0 Å². The number of carbonyl (C=O) groups excluding carboxylic acids is 1. The molecule has 1 aliphatic heterocycles. The van der Waals surface area contributed by atoms with Gasteiger partial charge in [-0.3, -0.25) is 9.59 Å². The SMILES string of the molecule is CCOc1ccc(C2c3c(oc4cc(C)c(C)cc4c3=O)C(=O)N2CCC[NH+](C)C)cc1OC. The van der Waals surface area contributed by atoms with Crippen LogP contribution in [0.3, 0.4) is 0 Å². The van der Waals surface area contributed by atoms with Crippen molar-refractivity contribution in [1.82, 2.24) is 4.90 Å². The second-order valence-electron chi connectivity index (χ2n) is 9.16. The lowest BCUT2D eigenvalue weighted by Crippen LogP contribution is -3.05. The summed E-state index contributed by atoms with van der Waals surface area (Å²) in [5.41, 5.74) is 3.49. The van der Waals surface area contributed by atoms with Crippen molar-refractivity contribution in [3.63, 3.8) is 0 Å². The molecule has 4 rings (SSSR count). The van der Waals surface area contributed by atoms with Crippen LogP contribution in [0.5, 0.6) is 11.5 Å². The van der Waals surface area contributed by atoms with E-state index in [1.54, 1.807) is 12.0 Å². The number of hydrogen-bond donors (Lipinski definition) is 1. The van der Waals surface area contributed by atoms with Crippen LogP contribution >= 0.6 is 0 Å². The third-order valence-electron chi connectivity index (χ3n) is 6.46. The summed E-state index contributed by atoms with van der Waals surface area (Å²) in [4.78, 5) is 30.4. The molecule has 1 unspecified atom stereocenters. The van der Waals surface area contributed by atoms with E-state index in [0.717, 1.165) is 29.7 Å². The molecular weight excluding hydrogens is 432 g/mol. The van der Waals surface area contributed by atoms with E-state index < -0.39 is 6.04 Å². The van der Waals surface area contributed by atoms with Crippen LogP contribution in [0.25, 0.3) is 11.0 Å². The number of amides is 1. The number of fused-ring (bicyclic) bond motifs is 2. The Morgan fingerprint density at radius 3 is 2.47 bits per heavy atom. The van der Waals surface area contributed by atoms with Gasteiger partial charge in [-0.15, -0.1) is 0 Å². The number of aryl methyl sites for hydroxylation is 2. The van der Waals surface area contributed by atoms with Crippen molar-refractivity contribution < 1.29 is 23.6 Å². The average Bonchev–Trinajstić information content (AvgIpc) is 3.07. The highest BCUT2D eigenvalue weighted by molar-refractivity contribution is 5.99. The number of carbonyl (C=O) groups is 1. The first-order valence-electron chi connectivity index (χ1n) is 11.8. The van der Waals surface area contributed by atoms with Gasteiger partial charge in [0.05, 0.1) is 51.3 Å². The van der Waals surface area contributed by atoms with Gasteiger partial charge in [0.15, 0.2) is 16.9 Å². The lowest BCUT2D eigenvalue weighted by atomic mass is 9.97. The summed E-state index contributed by atoms with van der Waals surface area (Å²) >= 11 is 0. The van der Waals surface area contributed by atoms with Crippen LogP contribution in [-0.2, 0) is 0 Å². The molecule has 1 aromatic heterocycles. The number of ether oxygens (including phenoxy) is 2. The zero-order valence-corrected chi connectivity index (χ0v) is 20.8. The molecule has 2 aromatic carbocycles. The number of rotatable bonds is 8. The number of nitrogens with one attached hydrogen (secondary N) is 1. The minimum atomic E-state index is -0.550. The Balaban J connectivity index is 1.90. The highest BCUT2D eigenvalue weighted by Gasteiger charge is 2.42. The van der Waals surface area contributed by atoms with Gasteiger partial charge in [0, 0.05) is 13.0 Å². The molecule has 1 N–H and O–H groups in total. The van der Waals surface area contributed by atoms with Crippen molar-refractivity contribution in [2.75, 3.05) is 40.9 Å². The van der Waals surface area contributed by atoms with E-state index in [4.69, 9.17) is 13.9 Å². The third kappa shape index (κ3) is 4.16. The number of nitrogens with zero attached hydrogens (tertiary/aromatic N) is 1. The number of quaternary nitrogens is 1.